The van der Waals surface area contributed by atoms with E-state index in [9.17, 15) is 18.3 Å². The fourth-order valence-electron chi connectivity index (χ4n) is 2.11. The lowest BCUT2D eigenvalue weighted by atomic mass is 10.0. The molecule has 0 bridgehead atoms. The number of aliphatic hydroxyl groups is 1. The van der Waals surface area contributed by atoms with Crippen molar-refractivity contribution in [3.8, 4) is 5.75 Å². The molecule has 0 spiro atoms. The molecule has 0 fully saturated rings. The lowest BCUT2D eigenvalue weighted by molar-refractivity contribution is 0.0627. The van der Waals surface area contributed by atoms with Gasteiger partial charge in [-0.2, -0.15) is 0 Å². The number of hydrogen-bond donors (Lipinski definition) is 1. The van der Waals surface area contributed by atoms with E-state index in [1.807, 2.05) is 0 Å². The molecule has 6 heteroatoms. The summed E-state index contributed by atoms with van der Waals surface area (Å²) >= 11 is 3.06. The van der Waals surface area contributed by atoms with Gasteiger partial charge in [0.25, 0.3) is 0 Å². The van der Waals surface area contributed by atoms with Gasteiger partial charge in [0.1, 0.15) is 18.1 Å². The SMILES string of the molecule is Cc1ccc(Br)c(F)c1OCCC(F)C(O)c1ccc(F)cc1. The number of aliphatic hydroxyl groups excluding tert-OH is 1. The van der Waals surface area contributed by atoms with E-state index in [1.54, 1.807) is 19.1 Å². The first-order chi connectivity index (χ1) is 10.9. The van der Waals surface area contributed by atoms with Crippen LogP contribution >= 0.6 is 15.9 Å². The first kappa shape index (κ1) is 17.8. The lowest BCUT2D eigenvalue weighted by Crippen LogP contribution is -2.17. The number of benzene rings is 2. The third-order valence-corrected chi connectivity index (χ3v) is 4.05. The molecule has 0 saturated carbocycles. The van der Waals surface area contributed by atoms with Crippen LogP contribution in [-0.2, 0) is 0 Å². The molecule has 0 aliphatic carbocycles. The Kier molecular flexibility index (Phi) is 6.07. The molecule has 23 heavy (non-hydrogen) atoms. The monoisotopic (exact) mass is 388 g/mol. The minimum Gasteiger partial charge on any atom is -0.490 e. The molecule has 2 rings (SSSR count). The second-order valence-electron chi connectivity index (χ2n) is 5.16. The maximum atomic E-state index is 14.0. The van der Waals surface area contributed by atoms with E-state index in [1.165, 1.54) is 12.1 Å². The average molecular weight is 389 g/mol. The summed E-state index contributed by atoms with van der Waals surface area (Å²) in [7, 11) is 0. The van der Waals surface area contributed by atoms with Crippen LogP contribution in [0.25, 0.3) is 0 Å². The normalized spacial score (nSPS) is 13.7. The zero-order valence-electron chi connectivity index (χ0n) is 12.4. The van der Waals surface area contributed by atoms with E-state index in [-0.39, 0.29) is 28.8 Å². The van der Waals surface area contributed by atoms with Crippen LogP contribution in [0.5, 0.6) is 5.75 Å². The molecule has 2 aromatic rings. The molecule has 0 saturated heterocycles. The van der Waals surface area contributed by atoms with E-state index < -0.39 is 23.9 Å². The third kappa shape index (κ3) is 4.48. The number of hydrogen-bond acceptors (Lipinski definition) is 2. The van der Waals surface area contributed by atoms with Crippen LogP contribution in [0.3, 0.4) is 0 Å². The predicted octanol–water partition coefficient (Wildman–Crippen LogP) is 4.88. The first-order valence-corrected chi connectivity index (χ1v) is 7.84. The zero-order chi connectivity index (χ0) is 17.0. The van der Waals surface area contributed by atoms with Gasteiger partial charge in [0.2, 0.25) is 0 Å². The summed E-state index contributed by atoms with van der Waals surface area (Å²) in [5, 5.41) is 9.90. The Morgan fingerprint density at radius 1 is 1.13 bits per heavy atom. The fraction of sp³-hybridized carbons (Fsp3) is 0.294. The highest BCUT2D eigenvalue weighted by Gasteiger charge is 2.21. The van der Waals surface area contributed by atoms with Crippen LogP contribution in [0.4, 0.5) is 13.2 Å². The van der Waals surface area contributed by atoms with Crippen molar-refractivity contribution in [3.63, 3.8) is 0 Å². The largest absolute Gasteiger partial charge is 0.490 e. The zero-order valence-corrected chi connectivity index (χ0v) is 14.0. The van der Waals surface area contributed by atoms with Gasteiger partial charge in [-0.1, -0.05) is 18.2 Å². The summed E-state index contributed by atoms with van der Waals surface area (Å²) in [6, 6.07) is 8.21. The Labute approximate surface area is 141 Å². The summed E-state index contributed by atoms with van der Waals surface area (Å²) in [5.41, 5.74) is 0.879. The second-order valence-corrected chi connectivity index (χ2v) is 6.01. The van der Waals surface area contributed by atoms with Crippen molar-refractivity contribution in [2.75, 3.05) is 6.61 Å². The molecule has 2 nitrogen and oxygen atoms in total. The van der Waals surface area contributed by atoms with Crippen LogP contribution in [0.1, 0.15) is 23.7 Å². The molecule has 124 valence electrons. The Balaban J connectivity index is 1.93. The Morgan fingerprint density at radius 3 is 2.43 bits per heavy atom. The molecule has 1 N–H and O–H groups in total. The van der Waals surface area contributed by atoms with Crippen molar-refractivity contribution in [2.24, 2.45) is 0 Å². The number of ether oxygens (including phenoxy) is 1. The fourth-order valence-corrected chi connectivity index (χ4v) is 2.42. The molecule has 0 aromatic heterocycles. The molecule has 0 radical (unpaired) electrons. The van der Waals surface area contributed by atoms with Crippen LogP contribution in [0.15, 0.2) is 40.9 Å². The van der Waals surface area contributed by atoms with Crippen molar-refractivity contribution in [3.05, 3.63) is 63.6 Å². The van der Waals surface area contributed by atoms with Gasteiger partial charge in [0, 0.05) is 6.42 Å². The van der Waals surface area contributed by atoms with Gasteiger partial charge in [-0.15, -0.1) is 0 Å². The van der Waals surface area contributed by atoms with E-state index in [0.29, 0.717) is 5.56 Å². The van der Waals surface area contributed by atoms with Gasteiger partial charge in [-0.3, -0.25) is 0 Å². The van der Waals surface area contributed by atoms with Crippen LogP contribution in [-0.4, -0.2) is 17.9 Å². The maximum absolute atomic E-state index is 14.0. The van der Waals surface area contributed by atoms with Gasteiger partial charge in [-0.05, 0) is 52.2 Å². The summed E-state index contributed by atoms with van der Waals surface area (Å²) in [6.45, 7) is 1.60. The van der Waals surface area contributed by atoms with Gasteiger partial charge in [0.05, 0.1) is 11.1 Å². The highest BCUT2D eigenvalue weighted by Crippen LogP contribution is 2.29. The molecule has 0 aliphatic heterocycles. The number of rotatable bonds is 6. The minimum atomic E-state index is -1.60. The molecular formula is C17H16BrF3O2. The highest BCUT2D eigenvalue weighted by atomic mass is 79.9. The molecular weight excluding hydrogens is 373 g/mol. The van der Waals surface area contributed by atoms with Crippen molar-refractivity contribution in [2.45, 2.75) is 25.6 Å². The van der Waals surface area contributed by atoms with Crippen molar-refractivity contribution < 1.29 is 23.0 Å². The van der Waals surface area contributed by atoms with Gasteiger partial charge >= 0.3 is 0 Å². The standard InChI is InChI=1S/C17H16BrF3O2/c1-10-2-7-13(18)15(21)17(10)23-9-8-14(20)16(22)11-3-5-12(19)6-4-11/h2-7,14,16,22H,8-9H2,1H3. The van der Waals surface area contributed by atoms with Gasteiger partial charge in [0.15, 0.2) is 11.6 Å². The predicted molar refractivity (Wildman–Crippen MR) is 85.2 cm³/mol. The van der Waals surface area contributed by atoms with E-state index in [0.717, 1.165) is 12.1 Å². The highest BCUT2D eigenvalue weighted by molar-refractivity contribution is 9.10. The van der Waals surface area contributed by atoms with Gasteiger partial charge < -0.3 is 9.84 Å². The summed E-state index contributed by atoms with van der Waals surface area (Å²) in [6.07, 6.45) is -3.10. The number of aryl methyl sites for hydroxylation is 1. The second kappa shape index (κ2) is 7.84. The Hall–Kier alpha value is -1.53. The van der Waals surface area contributed by atoms with Crippen molar-refractivity contribution in [1.29, 1.82) is 0 Å². The third-order valence-electron chi connectivity index (χ3n) is 3.44. The van der Waals surface area contributed by atoms with Gasteiger partial charge in [-0.25, -0.2) is 13.2 Å². The van der Waals surface area contributed by atoms with Crippen LogP contribution < -0.4 is 4.74 Å². The van der Waals surface area contributed by atoms with Crippen LogP contribution in [0, 0.1) is 18.6 Å². The smallest absolute Gasteiger partial charge is 0.179 e. The maximum Gasteiger partial charge on any atom is 0.179 e. The molecule has 2 unspecified atom stereocenters. The number of alkyl halides is 1. The summed E-state index contributed by atoms with van der Waals surface area (Å²) < 4.78 is 46.3. The average Bonchev–Trinajstić information content (AvgIpc) is 2.54. The van der Waals surface area contributed by atoms with E-state index in [2.05, 4.69) is 15.9 Å². The van der Waals surface area contributed by atoms with Crippen LogP contribution in [0.2, 0.25) is 0 Å². The Bertz CT molecular complexity index is 662. The lowest BCUT2D eigenvalue weighted by Gasteiger charge is -2.17. The van der Waals surface area contributed by atoms with Crippen molar-refractivity contribution in [1.82, 2.24) is 0 Å². The number of halogens is 4. The quantitative estimate of drug-likeness (QED) is 0.764. The topological polar surface area (TPSA) is 29.5 Å². The molecule has 0 aliphatic rings. The summed E-state index contributed by atoms with van der Waals surface area (Å²) in [5.74, 6) is -0.942. The molecule has 0 amide bonds. The van der Waals surface area contributed by atoms with E-state index >= 15 is 0 Å². The van der Waals surface area contributed by atoms with E-state index in [4.69, 9.17) is 4.74 Å². The molecule has 0 heterocycles. The molecule has 2 aromatic carbocycles. The first-order valence-electron chi connectivity index (χ1n) is 7.05. The minimum absolute atomic E-state index is 0.0582. The van der Waals surface area contributed by atoms with Crippen molar-refractivity contribution >= 4 is 15.9 Å². The Morgan fingerprint density at radius 2 is 1.78 bits per heavy atom. The molecule has 2 atom stereocenters. The summed E-state index contributed by atoms with van der Waals surface area (Å²) in [4.78, 5) is 0.